The molecule has 1 amide bonds. The summed E-state index contributed by atoms with van der Waals surface area (Å²) < 4.78 is 21.7. The molecular formula is C11H23ClN2O3S. The first-order valence-corrected chi connectivity index (χ1v) is 7.79. The van der Waals surface area contributed by atoms with Crippen molar-refractivity contribution in [3.05, 3.63) is 0 Å². The molecule has 1 saturated heterocycles. The first-order chi connectivity index (χ1) is 7.66. The maximum Gasteiger partial charge on any atom is 0.241 e. The monoisotopic (exact) mass is 298 g/mol. The third-order valence-corrected chi connectivity index (χ3v) is 5.59. The van der Waals surface area contributed by atoms with Crippen LogP contribution in [0.5, 0.6) is 0 Å². The fourth-order valence-electron chi connectivity index (χ4n) is 1.75. The number of hydrogen-bond donors (Lipinski definition) is 2. The molecule has 108 valence electrons. The number of carbonyl (C=O) groups is 1. The summed E-state index contributed by atoms with van der Waals surface area (Å²) in [5.74, 6) is -0.416. The van der Waals surface area contributed by atoms with Crippen molar-refractivity contribution in [1.29, 1.82) is 0 Å². The van der Waals surface area contributed by atoms with E-state index in [1.807, 2.05) is 6.92 Å². The van der Waals surface area contributed by atoms with Gasteiger partial charge in [-0.05, 0) is 40.2 Å². The van der Waals surface area contributed by atoms with Crippen molar-refractivity contribution in [1.82, 2.24) is 10.6 Å². The molecule has 18 heavy (non-hydrogen) atoms. The molecule has 0 aromatic heterocycles. The van der Waals surface area contributed by atoms with Gasteiger partial charge in [0.25, 0.3) is 0 Å². The molecule has 2 atom stereocenters. The van der Waals surface area contributed by atoms with Gasteiger partial charge in [0.05, 0.1) is 0 Å². The van der Waals surface area contributed by atoms with Crippen LogP contribution in [0.1, 0.15) is 33.6 Å². The Hall–Kier alpha value is -0.330. The molecule has 0 aromatic rings. The lowest BCUT2D eigenvalue weighted by Crippen LogP contribution is -2.57. The Balaban J connectivity index is 0.00000289. The van der Waals surface area contributed by atoms with Gasteiger partial charge in [0.1, 0.15) is 4.75 Å². The maximum atomic E-state index is 12.0. The zero-order valence-electron chi connectivity index (χ0n) is 11.3. The van der Waals surface area contributed by atoms with Gasteiger partial charge in [-0.25, -0.2) is 8.42 Å². The Labute approximate surface area is 115 Å². The fourth-order valence-corrected chi connectivity index (χ4v) is 2.15. The lowest BCUT2D eigenvalue weighted by Gasteiger charge is -2.33. The topological polar surface area (TPSA) is 75.3 Å². The van der Waals surface area contributed by atoms with E-state index in [4.69, 9.17) is 0 Å². The van der Waals surface area contributed by atoms with E-state index in [1.54, 1.807) is 0 Å². The summed E-state index contributed by atoms with van der Waals surface area (Å²) in [6, 6.07) is 0.195. The molecule has 5 nitrogen and oxygen atoms in total. The van der Waals surface area contributed by atoms with Crippen molar-refractivity contribution in [3.63, 3.8) is 0 Å². The maximum absolute atomic E-state index is 12.0. The predicted octanol–water partition coefficient (Wildman–Crippen LogP) is 0.488. The van der Waals surface area contributed by atoms with Gasteiger partial charge in [0.15, 0.2) is 9.84 Å². The first-order valence-electron chi connectivity index (χ1n) is 5.90. The van der Waals surface area contributed by atoms with E-state index in [0.29, 0.717) is 0 Å². The molecule has 2 N–H and O–H groups in total. The van der Waals surface area contributed by atoms with Gasteiger partial charge in [-0.3, -0.25) is 4.79 Å². The molecule has 0 bridgehead atoms. The summed E-state index contributed by atoms with van der Waals surface area (Å²) in [6.45, 7) is 5.83. The standard InChI is InChI=1S/C11H22N2O3S.ClH/c1-8-9(6-5-7-12-8)13-10(14)11(2,3)17(4,15)16;/h8-9,12H,5-7H2,1-4H3,(H,13,14);1H. The minimum Gasteiger partial charge on any atom is -0.350 e. The minimum atomic E-state index is -3.40. The summed E-state index contributed by atoms with van der Waals surface area (Å²) in [6.07, 6.45) is 2.98. The molecule has 0 saturated carbocycles. The second-order valence-corrected chi connectivity index (χ2v) is 7.81. The lowest BCUT2D eigenvalue weighted by molar-refractivity contribution is -0.123. The number of piperidine rings is 1. The molecule has 0 aromatic carbocycles. The van der Waals surface area contributed by atoms with Gasteiger partial charge in [-0.2, -0.15) is 0 Å². The highest BCUT2D eigenvalue weighted by Gasteiger charge is 2.39. The van der Waals surface area contributed by atoms with Crippen molar-refractivity contribution in [2.75, 3.05) is 12.8 Å². The fraction of sp³-hybridized carbons (Fsp3) is 0.909. The summed E-state index contributed by atoms with van der Waals surface area (Å²) in [4.78, 5) is 12.0. The van der Waals surface area contributed by atoms with E-state index in [2.05, 4.69) is 10.6 Å². The molecule has 0 aliphatic carbocycles. The molecule has 7 heteroatoms. The second kappa shape index (κ2) is 6.21. The SMILES string of the molecule is CC1NCCCC1NC(=O)C(C)(C)S(C)(=O)=O.Cl. The van der Waals surface area contributed by atoms with Crippen LogP contribution in [0.15, 0.2) is 0 Å². The zero-order valence-corrected chi connectivity index (χ0v) is 13.0. The molecule has 1 heterocycles. The summed E-state index contributed by atoms with van der Waals surface area (Å²) in [7, 11) is -3.40. The summed E-state index contributed by atoms with van der Waals surface area (Å²) >= 11 is 0. The van der Waals surface area contributed by atoms with Crippen LogP contribution in [-0.2, 0) is 14.6 Å². The van der Waals surface area contributed by atoms with E-state index in [0.717, 1.165) is 25.6 Å². The van der Waals surface area contributed by atoms with E-state index in [9.17, 15) is 13.2 Å². The smallest absolute Gasteiger partial charge is 0.241 e. The molecule has 1 fully saturated rings. The van der Waals surface area contributed by atoms with E-state index in [1.165, 1.54) is 13.8 Å². The molecule has 1 aliphatic rings. The number of rotatable bonds is 3. The van der Waals surface area contributed by atoms with Gasteiger partial charge >= 0.3 is 0 Å². The van der Waals surface area contributed by atoms with Crippen molar-refractivity contribution >= 4 is 28.2 Å². The van der Waals surface area contributed by atoms with Crippen LogP contribution in [0, 0.1) is 0 Å². The Bertz CT molecular complexity index is 395. The molecule has 1 rings (SSSR count). The lowest BCUT2D eigenvalue weighted by atomic mass is 9.99. The quantitative estimate of drug-likeness (QED) is 0.795. The number of amides is 1. The summed E-state index contributed by atoms with van der Waals surface area (Å²) in [5.41, 5.74) is 0. The highest BCUT2D eigenvalue weighted by Crippen LogP contribution is 2.17. The van der Waals surface area contributed by atoms with Crippen LogP contribution in [-0.4, -0.2) is 44.0 Å². The Kier molecular flexibility index (Phi) is 6.10. The number of hydrogen-bond acceptors (Lipinski definition) is 4. The largest absolute Gasteiger partial charge is 0.350 e. The third-order valence-electron chi connectivity index (χ3n) is 3.55. The van der Waals surface area contributed by atoms with Crippen molar-refractivity contribution < 1.29 is 13.2 Å². The normalized spacial score (nSPS) is 25.1. The second-order valence-electron chi connectivity index (χ2n) is 5.25. The molecular weight excluding hydrogens is 276 g/mol. The van der Waals surface area contributed by atoms with Crippen LogP contribution < -0.4 is 10.6 Å². The van der Waals surface area contributed by atoms with Crippen molar-refractivity contribution in [2.45, 2.75) is 50.4 Å². The first kappa shape index (κ1) is 17.7. The Morgan fingerprint density at radius 3 is 2.39 bits per heavy atom. The van der Waals surface area contributed by atoms with Crippen LogP contribution in [0.25, 0.3) is 0 Å². The number of sulfone groups is 1. The van der Waals surface area contributed by atoms with Crippen molar-refractivity contribution in [3.8, 4) is 0 Å². The molecule has 2 unspecified atom stereocenters. The van der Waals surface area contributed by atoms with Crippen LogP contribution in [0.4, 0.5) is 0 Å². The van der Waals surface area contributed by atoms with E-state index >= 15 is 0 Å². The van der Waals surface area contributed by atoms with Gasteiger partial charge < -0.3 is 10.6 Å². The highest BCUT2D eigenvalue weighted by atomic mass is 35.5. The van der Waals surface area contributed by atoms with Crippen molar-refractivity contribution in [2.24, 2.45) is 0 Å². The molecule has 0 spiro atoms. The number of carbonyl (C=O) groups excluding carboxylic acids is 1. The number of halogens is 1. The molecule has 0 radical (unpaired) electrons. The van der Waals surface area contributed by atoms with Gasteiger partial charge in [-0.15, -0.1) is 12.4 Å². The van der Waals surface area contributed by atoms with Gasteiger partial charge in [0.2, 0.25) is 5.91 Å². The van der Waals surface area contributed by atoms with Crippen LogP contribution in [0.2, 0.25) is 0 Å². The van der Waals surface area contributed by atoms with Crippen LogP contribution in [0.3, 0.4) is 0 Å². The highest BCUT2D eigenvalue weighted by molar-refractivity contribution is 7.92. The van der Waals surface area contributed by atoms with Gasteiger partial charge in [0, 0.05) is 18.3 Å². The van der Waals surface area contributed by atoms with Gasteiger partial charge in [-0.1, -0.05) is 0 Å². The van der Waals surface area contributed by atoms with Crippen LogP contribution >= 0.6 is 12.4 Å². The van der Waals surface area contributed by atoms with E-state index < -0.39 is 20.5 Å². The Morgan fingerprint density at radius 2 is 1.94 bits per heavy atom. The average Bonchev–Trinajstić information content (AvgIpc) is 2.19. The predicted molar refractivity (Wildman–Crippen MR) is 74.8 cm³/mol. The Morgan fingerprint density at radius 1 is 1.39 bits per heavy atom. The molecule has 1 aliphatic heterocycles. The average molecular weight is 299 g/mol. The zero-order chi connectivity index (χ0) is 13.3. The summed E-state index contributed by atoms with van der Waals surface area (Å²) in [5, 5.41) is 6.10. The van der Waals surface area contributed by atoms with E-state index in [-0.39, 0.29) is 24.5 Å². The third kappa shape index (κ3) is 3.83. The minimum absolute atomic E-state index is 0. The number of nitrogens with one attached hydrogen (secondary N) is 2.